The van der Waals surface area contributed by atoms with Crippen LogP contribution in [-0.2, 0) is 4.57 Å². The van der Waals surface area contributed by atoms with Gasteiger partial charge in [0, 0.05) is 16.7 Å². The van der Waals surface area contributed by atoms with Gasteiger partial charge in [0.2, 0.25) is 7.29 Å². The number of nitrogens with one attached hydrogen (secondary N) is 1. The molecule has 0 aliphatic heterocycles. The van der Waals surface area contributed by atoms with Crippen molar-refractivity contribution in [2.75, 3.05) is 0 Å². The lowest BCUT2D eigenvalue weighted by molar-refractivity contribution is 0.543. The third-order valence-electron chi connectivity index (χ3n) is 4.36. The van der Waals surface area contributed by atoms with Crippen molar-refractivity contribution in [2.24, 2.45) is 0 Å². The number of benzene rings is 3. The van der Waals surface area contributed by atoms with E-state index in [1.807, 2.05) is 78.9 Å². The Kier molecular flexibility index (Phi) is 5.86. The molecule has 128 valence electrons. The molecule has 2 nitrogen and oxygen atoms in total. The fourth-order valence-electron chi connectivity index (χ4n) is 3.07. The molecule has 3 heteroatoms. The van der Waals surface area contributed by atoms with Crippen molar-refractivity contribution in [3.8, 4) is 0 Å². The van der Waals surface area contributed by atoms with Crippen LogP contribution in [0.3, 0.4) is 0 Å². The van der Waals surface area contributed by atoms with Gasteiger partial charge >= 0.3 is 0 Å². The van der Waals surface area contributed by atoms with E-state index >= 15 is 0 Å². The van der Waals surface area contributed by atoms with Crippen molar-refractivity contribution in [3.63, 3.8) is 0 Å². The zero-order chi connectivity index (χ0) is 17.5. The van der Waals surface area contributed by atoms with Gasteiger partial charge in [0.1, 0.15) is 0 Å². The third kappa shape index (κ3) is 4.10. The molecule has 0 radical (unpaired) electrons. The summed E-state index contributed by atoms with van der Waals surface area (Å²) in [6, 6.07) is 29.9. The van der Waals surface area contributed by atoms with E-state index in [-0.39, 0.29) is 6.04 Å². The van der Waals surface area contributed by atoms with Crippen molar-refractivity contribution in [1.29, 1.82) is 0 Å². The molecule has 0 fully saturated rings. The van der Waals surface area contributed by atoms with Gasteiger partial charge in [-0.15, -0.1) is 0 Å². The first-order valence-corrected chi connectivity index (χ1v) is 10.5. The Morgan fingerprint density at radius 1 is 0.760 bits per heavy atom. The third-order valence-corrected chi connectivity index (χ3v) is 7.08. The van der Waals surface area contributed by atoms with Crippen LogP contribution in [0.2, 0.25) is 0 Å². The minimum Gasteiger partial charge on any atom is -0.297 e. The molecule has 1 N–H and O–H groups in total. The van der Waals surface area contributed by atoms with Gasteiger partial charge in [-0.05, 0) is 36.2 Å². The Balaban J connectivity index is 2.04. The summed E-state index contributed by atoms with van der Waals surface area (Å²) < 4.78 is 14.2. The fourth-order valence-corrected chi connectivity index (χ4v) is 5.57. The van der Waals surface area contributed by atoms with Crippen LogP contribution in [0.5, 0.6) is 0 Å². The predicted molar refractivity (Wildman–Crippen MR) is 107 cm³/mol. The summed E-state index contributed by atoms with van der Waals surface area (Å²) in [4.78, 5) is 0. The molecule has 0 spiro atoms. The Bertz CT molecular complexity index is 775. The second-order valence-corrected chi connectivity index (χ2v) is 8.67. The fraction of sp³-hybridized carbons (Fsp3) is 0.182. The van der Waals surface area contributed by atoms with Gasteiger partial charge in [-0.1, -0.05) is 80.1 Å². The highest BCUT2D eigenvalue weighted by atomic mass is 31.2. The maximum Gasteiger partial charge on any atom is 0.205 e. The summed E-state index contributed by atoms with van der Waals surface area (Å²) in [5, 5.41) is 5.23. The van der Waals surface area contributed by atoms with E-state index in [4.69, 9.17) is 0 Å². The van der Waals surface area contributed by atoms with E-state index in [9.17, 15) is 4.57 Å². The zero-order valence-electron chi connectivity index (χ0n) is 14.5. The van der Waals surface area contributed by atoms with Crippen LogP contribution in [0.4, 0.5) is 0 Å². The van der Waals surface area contributed by atoms with Gasteiger partial charge in [-0.25, -0.2) is 0 Å². The lowest BCUT2D eigenvalue weighted by Gasteiger charge is -2.27. The smallest absolute Gasteiger partial charge is 0.205 e. The molecule has 3 rings (SSSR count). The molecular formula is C22H24NOP. The molecule has 0 aromatic heterocycles. The molecule has 0 amide bonds. The van der Waals surface area contributed by atoms with Crippen LogP contribution in [0.15, 0.2) is 91.0 Å². The normalized spacial score (nSPS) is 12.7. The SMILES string of the molecule is CCC[C@@H](NP(=O)(c1ccccc1)c1ccccc1)c1ccccc1. The second-order valence-electron chi connectivity index (χ2n) is 6.16. The highest BCUT2D eigenvalue weighted by molar-refractivity contribution is 7.76. The van der Waals surface area contributed by atoms with Gasteiger partial charge in [-0.2, -0.15) is 0 Å². The van der Waals surface area contributed by atoms with Crippen molar-refractivity contribution in [1.82, 2.24) is 5.09 Å². The lowest BCUT2D eigenvalue weighted by Crippen LogP contribution is -2.30. The summed E-state index contributed by atoms with van der Waals surface area (Å²) >= 11 is 0. The maximum atomic E-state index is 14.2. The molecular weight excluding hydrogens is 325 g/mol. The highest BCUT2D eigenvalue weighted by Crippen LogP contribution is 2.42. The van der Waals surface area contributed by atoms with Crippen molar-refractivity contribution in [2.45, 2.75) is 25.8 Å². The number of hydrogen-bond acceptors (Lipinski definition) is 1. The molecule has 0 bridgehead atoms. The van der Waals surface area contributed by atoms with E-state index < -0.39 is 7.29 Å². The minimum atomic E-state index is -2.93. The first-order chi connectivity index (χ1) is 12.2. The van der Waals surface area contributed by atoms with E-state index in [0.29, 0.717) is 0 Å². The Morgan fingerprint density at radius 3 is 1.64 bits per heavy atom. The second kappa shape index (κ2) is 8.29. The maximum absolute atomic E-state index is 14.2. The largest absolute Gasteiger partial charge is 0.297 e. The van der Waals surface area contributed by atoms with Gasteiger partial charge in [0.05, 0.1) is 0 Å². The molecule has 0 aliphatic rings. The molecule has 0 aliphatic carbocycles. The van der Waals surface area contributed by atoms with E-state index in [2.05, 4.69) is 24.1 Å². The average Bonchev–Trinajstić information content (AvgIpc) is 2.69. The summed E-state index contributed by atoms with van der Waals surface area (Å²) in [5.41, 5.74) is 1.18. The van der Waals surface area contributed by atoms with Gasteiger partial charge < -0.3 is 0 Å². The van der Waals surface area contributed by atoms with Crippen LogP contribution in [0.25, 0.3) is 0 Å². The minimum absolute atomic E-state index is 0.0532. The van der Waals surface area contributed by atoms with E-state index in [1.54, 1.807) is 0 Å². The van der Waals surface area contributed by atoms with Crippen LogP contribution >= 0.6 is 7.29 Å². The Morgan fingerprint density at radius 2 is 1.20 bits per heavy atom. The zero-order valence-corrected chi connectivity index (χ0v) is 15.4. The number of rotatable bonds is 7. The van der Waals surface area contributed by atoms with Crippen molar-refractivity contribution >= 4 is 17.9 Å². The molecule has 0 saturated carbocycles. The molecule has 0 heterocycles. The quantitative estimate of drug-likeness (QED) is 0.605. The van der Waals surface area contributed by atoms with Gasteiger partial charge in [0.25, 0.3) is 0 Å². The first-order valence-electron chi connectivity index (χ1n) is 8.78. The molecule has 3 aromatic carbocycles. The first kappa shape index (κ1) is 17.7. The Labute approximate surface area is 150 Å². The average molecular weight is 349 g/mol. The predicted octanol–water partition coefficient (Wildman–Crippen LogP) is 5.05. The van der Waals surface area contributed by atoms with Crippen LogP contribution < -0.4 is 15.7 Å². The van der Waals surface area contributed by atoms with Crippen LogP contribution in [0.1, 0.15) is 31.4 Å². The van der Waals surface area contributed by atoms with E-state index in [1.165, 1.54) is 5.56 Å². The topological polar surface area (TPSA) is 29.1 Å². The van der Waals surface area contributed by atoms with Gasteiger partial charge in [0.15, 0.2) is 0 Å². The van der Waals surface area contributed by atoms with Gasteiger partial charge in [-0.3, -0.25) is 9.65 Å². The van der Waals surface area contributed by atoms with E-state index in [0.717, 1.165) is 23.5 Å². The van der Waals surface area contributed by atoms with Crippen molar-refractivity contribution in [3.05, 3.63) is 96.6 Å². The van der Waals surface area contributed by atoms with Crippen molar-refractivity contribution < 1.29 is 4.57 Å². The number of hydrogen-bond donors (Lipinski definition) is 1. The molecule has 25 heavy (non-hydrogen) atoms. The molecule has 0 saturated heterocycles. The lowest BCUT2D eigenvalue weighted by atomic mass is 10.0. The summed E-state index contributed by atoms with van der Waals surface area (Å²) in [5.74, 6) is 0. The summed E-state index contributed by atoms with van der Waals surface area (Å²) in [6.45, 7) is 2.16. The molecule has 3 aromatic rings. The monoisotopic (exact) mass is 349 g/mol. The Hall–Kier alpha value is -2.15. The standard InChI is InChI=1S/C22H24NOP/c1-2-12-22(19-13-6-3-7-14-19)23-25(24,20-15-8-4-9-16-20)21-17-10-5-11-18-21/h3-11,13-18,22H,2,12H2,1H3,(H,23,24)/t22-/m1/s1. The molecule has 1 atom stereocenters. The van der Waals surface area contributed by atoms with Crippen LogP contribution in [0, 0.1) is 0 Å². The summed E-state index contributed by atoms with van der Waals surface area (Å²) in [7, 11) is -2.93. The summed E-state index contributed by atoms with van der Waals surface area (Å²) in [6.07, 6.45) is 1.96. The highest BCUT2D eigenvalue weighted by Gasteiger charge is 2.30. The van der Waals surface area contributed by atoms with Crippen LogP contribution in [-0.4, -0.2) is 0 Å². The molecule has 0 unspecified atom stereocenters.